The summed E-state index contributed by atoms with van der Waals surface area (Å²) in [5, 5.41) is 9.54. The maximum Gasteiger partial charge on any atom is 0.118 e. The van der Waals surface area contributed by atoms with Crippen LogP contribution in [-0.2, 0) is 0 Å². The highest BCUT2D eigenvalue weighted by Gasteiger charge is 2.24. The van der Waals surface area contributed by atoms with Crippen molar-refractivity contribution >= 4 is 0 Å². The van der Waals surface area contributed by atoms with Crippen molar-refractivity contribution in [3.05, 3.63) is 29.3 Å². The second-order valence-corrected chi connectivity index (χ2v) is 4.33. The minimum Gasteiger partial charge on any atom is -0.508 e. The first-order chi connectivity index (χ1) is 6.66. The fourth-order valence-electron chi connectivity index (χ4n) is 1.71. The maximum absolute atomic E-state index is 9.54. The Morgan fingerprint density at radius 2 is 2.21 bits per heavy atom. The molecule has 1 aromatic carbocycles. The number of phenolic OH excluding ortho intramolecular Hbond substituents is 1. The van der Waals surface area contributed by atoms with Crippen LogP contribution in [0.5, 0.6) is 5.75 Å². The number of hydrogen-bond acceptors (Lipinski definition) is 2. The average Bonchev–Trinajstić information content (AvgIpc) is 2.93. The molecule has 0 bridgehead atoms. The molecule has 1 atom stereocenters. The highest BCUT2D eigenvalue weighted by Crippen LogP contribution is 2.37. The zero-order valence-corrected chi connectivity index (χ0v) is 8.53. The van der Waals surface area contributed by atoms with Crippen LogP contribution >= 0.6 is 0 Å². The summed E-state index contributed by atoms with van der Waals surface area (Å²) >= 11 is 0. The lowest BCUT2D eigenvalue weighted by Crippen LogP contribution is -2.10. The van der Waals surface area contributed by atoms with Crippen LogP contribution in [0.1, 0.15) is 36.4 Å². The van der Waals surface area contributed by atoms with Crippen LogP contribution in [0.15, 0.2) is 18.2 Å². The van der Waals surface area contributed by atoms with Crippen molar-refractivity contribution in [3.8, 4) is 5.75 Å². The van der Waals surface area contributed by atoms with E-state index in [1.54, 1.807) is 6.07 Å². The second-order valence-electron chi connectivity index (χ2n) is 4.33. The molecule has 14 heavy (non-hydrogen) atoms. The Labute approximate surface area is 84.7 Å². The predicted molar refractivity (Wildman–Crippen MR) is 57.1 cm³/mol. The van der Waals surface area contributed by atoms with Gasteiger partial charge in [0.1, 0.15) is 5.75 Å². The summed E-state index contributed by atoms with van der Waals surface area (Å²) < 4.78 is 0. The van der Waals surface area contributed by atoms with E-state index >= 15 is 0 Å². The van der Waals surface area contributed by atoms with Crippen LogP contribution < -0.4 is 5.73 Å². The maximum atomic E-state index is 9.54. The smallest absolute Gasteiger partial charge is 0.118 e. The van der Waals surface area contributed by atoms with Crippen molar-refractivity contribution in [2.75, 3.05) is 0 Å². The molecular weight excluding hydrogens is 174 g/mol. The molecule has 0 spiro atoms. The zero-order valence-electron chi connectivity index (χ0n) is 8.53. The summed E-state index contributed by atoms with van der Waals surface area (Å²) in [5.41, 5.74) is 8.01. The molecule has 2 nitrogen and oxygen atoms in total. The van der Waals surface area contributed by atoms with Gasteiger partial charge in [-0.3, -0.25) is 0 Å². The van der Waals surface area contributed by atoms with Crippen LogP contribution in [0.4, 0.5) is 0 Å². The lowest BCUT2D eigenvalue weighted by molar-refractivity contribution is 0.468. The van der Waals surface area contributed by atoms with Crippen molar-refractivity contribution in [2.24, 2.45) is 11.7 Å². The summed E-state index contributed by atoms with van der Waals surface area (Å²) in [6.45, 7) is 1.89. The number of nitrogens with two attached hydrogens (primary N) is 1. The molecule has 0 saturated heterocycles. The molecule has 1 saturated carbocycles. The Balaban J connectivity index is 2.10. The minimum atomic E-state index is 0.0917. The van der Waals surface area contributed by atoms with E-state index in [-0.39, 0.29) is 6.04 Å². The molecule has 0 amide bonds. The third kappa shape index (κ3) is 2.07. The van der Waals surface area contributed by atoms with Gasteiger partial charge in [0, 0.05) is 6.04 Å². The Morgan fingerprint density at radius 3 is 2.79 bits per heavy atom. The third-order valence-corrected chi connectivity index (χ3v) is 2.95. The number of aromatic hydroxyl groups is 1. The largest absolute Gasteiger partial charge is 0.508 e. The van der Waals surface area contributed by atoms with Gasteiger partial charge in [0.15, 0.2) is 0 Å². The van der Waals surface area contributed by atoms with Crippen LogP contribution in [0.2, 0.25) is 0 Å². The summed E-state index contributed by atoms with van der Waals surface area (Å²) in [4.78, 5) is 0. The standard InChI is InChI=1S/C12H17NO/c1-8-2-5-10(7-12(8)14)11(13)6-9-3-4-9/h2,5,7,9,11,14H,3-4,6,13H2,1H3. The van der Waals surface area contributed by atoms with Gasteiger partial charge in [-0.1, -0.05) is 25.0 Å². The molecule has 0 radical (unpaired) electrons. The topological polar surface area (TPSA) is 46.2 Å². The van der Waals surface area contributed by atoms with Gasteiger partial charge in [-0.15, -0.1) is 0 Å². The summed E-state index contributed by atoms with van der Waals surface area (Å²) in [5.74, 6) is 1.18. The first-order valence-electron chi connectivity index (χ1n) is 5.22. The first kappa shape index (κ1) is 9.53. The van der Waals surface area contributed by atoms with E-state index in [1.807, 2.05) is 19.1 Å². The molecule has 0 aromatic heterocycles. The predicted octanol–water partition coefficient (Wildman–Crippen LogP) is 2.50. The molecule has 2 rings (SSSR count). The molecule has 1 fully saturated rings. The van der Waals surface area contributed by atoms with Gasteiger partial charge in [-0.05, 0) is 36.5 Å². The lowest BCUT2D eigenvalue weighted by atomic mass is 10.0. The Hall–Kier alpha value is -1.02. The van der Waals surface area contributed by atoms with Crippen molar-refractivity contribution in [1.82, 2.24) is 0 Å². The van der Waals surface area contributed by atoms with E-state index in [4.69, 9.17) is 5.73 Å². The molecule has 1 aromatic rings. The fraction of sp³-hybridized carbons (Fsp3) is 0.500. The lowest BCUT2D eigenvalue weighted by Gasteiger charge is -2.12. The zero-order chi connectivity index (χ0) is 10.1. The Kier molecular flexibility index (Phi) is 2.46. The van der Waals surface area contributed by atoms with E-state index < -0.39 is 0 Å². The fourth-order valence-corrected chi connectivity index (χ4v) is 1.71. The molecule has 1 unspecified atom stereocenters. The van der Waals surface area contributed by atoms with Crippen LogP contribution in [0.25, 0.3) is 0 Å². The van der Waals surface area contributed by atoms with Gasteiger partial charge < -0.3 is 10.8 Å². The van der Waals surface area contributed by atoms with Gasteiger partial charge in [0.2, 0.25) is 0 Å². The van der Waals surface area contributed by atoms with E-state index in [2.05, 4.69) is 0 Å². The number of aryl methyl sites for hydroxylation is 1. The van der Waals surface area contributed by atoms with Gasteiger partial charge in [0.25, 0.3) is 0 Å². The van der Waals surface area contributed by atoms with Gasteiger partial charge in [-0.2, -0.15) is 0 Å². The average molecular weight is 191 g/mol. The van der Waals surface area contributed by atoms with Crippen LogP contribution in [0, 0.1) is 12.8 Å². The Bertz CT molecular complexity index is 331. The molecule has 0 heterocycles. The molecule has 1 aliphatic rings. The van der Waals surface area contributed by atoms with Crippen molar-refractivity contribution in [2.45, 2.75) is 32.2 Å². The van der Waals surface area contributed by atoms with Crippen molar-refractivity contribution in [1.29, 1.82) is 0 Å². The molecule has 2 heteroatoms. The molecule has 0 aliphatic heterocycles. The minimum absolute atomic E-state index is 0.0917. The number of phenols is 1. The van der Waals surface area contributed by atoms with Crippen molar-refractivity contribution in [3.63, 3.8) is 0 Å². The Morgan fingerprint density at radius 1 is 1.50 bits per heavy atom. The van der Waals surface area contributed by atoms with Crippen LogP contribution in [-0.4, -0.2) is 5.11 Å². The highest BCUT2D eigenvalue weighted by atomic mass is 16.3. The normalized spacial score (nSPS) is 18.1. The second kappa shape index (κ2) is 3.62. The SMILES string of the molecule is Cc1ccc(C(N)CC2CC2)cc1O. The highest BCUT2D eigenvalue weighted by molar-refractivity contribution is 5.36. The van der Waals surface area contributed by atoms with E-state index in [1.165, 1.54) is 12.8 Å². The number of rotatable bonds is 3. The molecule has 76 valence electrons. The number of benzene rings is 1. The van der Waals surface area contributed by atoms with Crippen molar-refractivity contribution < 1.29 is 5.11 Å². The van der Waals surface area contributed by atoms with E-state index in [0.717, 1.165) is 23.5 Å². The van der Waals surface area contributed by atoms with Gasteiger partial charge >= 0.3 is 0 Å². The van der Waals surface area contributed by atoms with E-state index in [9.17, 15) is 5.11 Å². The van der Waals surface area contributed by atoms with E-state index in [0.29, 0.717) is 5.75 Å². The van der Waals surface area contributed by atoms with Crippen LogP contribution in [0.3, 0.4) is 0 Å². The number of hydrogen-bond donors (Lipinski definition) is 2. The van der Waals surface area contributed by atoms with Gasteiger partial charge in [-0.25, -0.2) is 0 Å². The summed E-state index contributed by atoms with van der Waals surface area (Å²) in [7, 11) is 0. The molecular formula is C12H17NO. The first-order valence-corrected chi connectivity index (χ1v) is 5.22. The van der Waals surface area contributed by atoms with Gasteiger partial charge in [0.05, 0.1) is 0 Å². The molecule has 1 aliphatic carbocycles. The summed E-state index contributed by atoms with van der Waals surface area (Å²) in [6.07, 6.45) is 3.71. The quantitative estimate of drug-likeness (QED) is 0.771. The third-order valence-electron chi connectivity index (χ3n) is 2.95. The summed E-state index contributed by atoms with van der Waals surface area (Å²) in [6, 6.07) is 5.83. The monoisotopic (exact) mass is 191 g/mol. The molecule has 3 N–H and O–H groups in total.